The Kier molecular flexibility index (Phi) is 4.80. The van der Waals surface area contributed by atoms with Crippen LogP contribution in [0.2, 0.25) is 4.34 Å². The molecule has 0 aliphatic rings. The number of guanidine groups is 1. The van der Waals surface area contributed by atoms with Crippen molar-refractivity contribution in [1.29, 1.82) is 0 Å². The van der Waals surface area contributed by atoms with Gasteiger partial charge in [0, 0.05) is 4.70 Å². The van der Waals surface area contributed by atoms with Crippen LogP contribution in [0.4, 0.5) is 0 Å². The van der Waals surface area contributed by atoms with E-state index in [9.17, 15) is 9.90 Å². The quantitative estimate of drug-likeness (QED) is 0.318. The van der Waals surface area contributed by atoms with Gasteiger partial charge in [0.1, 0.15) is 5.69 Å². The molecule has 3 heterocycles. The van der Waals surface area contributed by atoms with E-state index in [1.807, 2.05) is 30.3 Å². The summed E-state index contributed by atoms with van der Waals surface area (Å²) in [6.07, 6.45) is 0. The smallest absolute Gasteiger partial charge is 0.335 e. The Morgan fingerprint density at radius 1 is 1.18 bits per heavy atom. The number of carboxylic acids is 1. The molecule has 0 amide bonds. The summed E-state index contributed by atoms with van der Waals surface area (Å²) in [6.45, 7) is 0. The summed E-state index contributed by atoms with van der Waals surface area (Å²) in [5.41, 5.74) is 11.0. The summed E-state index contributed by atoms with van der Waals surface area (Å²) in [7, 11) is 0. The minimum atomic E-state index is -1.40. The molecule has 142 valence electrons. The number of rotatable bonds is 5. The van der Waals surface area contributed by atoms with Gasteiger partial charge in [-0.25, -0.2) is 14.8 Å². The standard InChI is InChI=1S/C18H13ClN4O3S2/c19-12-6-5-10(28-12)15-13(14(17(24)25)23-18(20)21)22-16(26-15)11-7-8-3-1-2-4-9(8)27-11/h1-7,14H,(H,24,25)(H4,20,21,23). The monoisotopic (exact) mass is 432 g/mol. The molecule has 0 saturated carbocycles. The first kappa shape index (κ1) is 18.5. The molecule has 4 aromatic rings. The molecule has 28 heavy (non-hydrogen) atoms. The highest BCUT2D eigenvalue weighted by molar-refractivity contribution is 7.22. The van der Waals surface area contributed by atoms with Crippen LogP contribution in [0.25, 0.3) is 31.5 Å². The maximum absolute atomic E-state index is 11.8. The van der Waals surface area contributed by atoms with Crippen molar-refractivity contribution in [3.05, 3.63) is 52.5 Å². The first-order valence-corrected chi connectivity index (χ1v) is 10.0. The van der Waals surface area contributed by atoms with Gasteiger partial charge in [0.25, 0.3) is 0 Å². The minimum Gasteiger partial charge on any atom is -0.479 e. The number of oxazole rings is 1. The zero-order valence-corrected chi connectivity index (χ0v) is 16.5. The van der Waals surface area contributed by atoms with Crippen LogP contribution < -0.4 is 11.5 Å². The second-order valence-corrected chi connectivity index (χ2v) is 8.58. The van der Waals surface area contributed by atoms with E-state index in [1.165, 1.54) is 22.7 Å². The van der Waals surface area contributed by atoms with E-state index in [-0.39, 0.29) is 17.4 Å². The van der Waals surface area contributed by atoms with Gasteiger partial charge in [-0.15, -0.1) is 22.7 Å². The van der Waals surface area contributed by atoms with Gasteiger partial charge in [-0.2, -0.15) is 0 Å². The number of thiophene rings is 2. The molecule has 5 N–H and O–H groups in total. The molecule has 1 aromatic carbocycles. The van der Waals surface area contributed by atoms with Crippen LogP contribution in [0.5, 0.6) is 0 Å². The highest BCUT2D eigenvalue weighted by Crippen LogP contribution is 2.41. The van der Waals surface area contributed by atoms with E-state index >= 15 is 0 Å². The Bertz CT molecular complexity index is 1170. The van der Waals surface area contributed by atoms with Crippen molar-refractivity contribution >= 4 is 56.3 Å². The van der Waals surface area contributed by atoms with Gasteiger partial charge in [-0.05, 0) is 29.7 Å². The van der Waals surface area contributed by atoms with Crippen LogP contribution in [-0.4, -0.2) is 22.0 Å². The molecule has 0 bridgehead atoms. The average molecular weight is 433 g/mol. The number of hydrogen-bond acceptors (Lipinski definition) is 6. The van der Waals surface area contributed by atoms with E-state index in [0.717, 1.165) is 15.0 Å². The van der Waals surface area contributed by atoms with Crippen LogP contribution in [0.3, 0.4) is 0 Å². The van der Waals surface area contributed by atoms with Crippen LogP contribution in [0, 0.1) is 0 Å². The van der Waals surface area contributed by atoms with E-state index < -0.39 is 12.0 Å². The van der Waals surface area contributed by atoms with Crippen molar-refractivity contribution < 1.29 is 14.3 Å². The Morgan fingerprint density at radius 3 is 2.61 bits per heavy atom. The largest absolute Gasteiger partial charge is 0.479 e. The van der Waals surface area contributed by atoms with Crippen molar-refractivity contribution in [2.45, 2.75) is 6.04 Å². The fourth-order valence-corrected chi connectivity index (χ4v) is 4.73. The minimum absolute atomic E-state index is 0.117. The first-order valence-electron chi connectivity index (χ1n) is 7.99. The van der Waals surface area contributed by atoms with Crippen molar-refractivity contribution in [2.75, 3.05) is 0 Å². The van der Waals surface area contributed by atoms with Crippen LogP contribution in [0.1, 0.15) is 11.7 Å². The first-order chi connectivity index (χ1) is 13.4. The molecule has 0 spiro atoms. The number of aromatic nitrogens is 1. The van der Waals surface area contributed by atoms with Crippen LogP contribution in [-0.2, 0) is 4.79 Å². The number of fused-ring (bicyclic) bond motifs is 1. The molecule has 10 heteroatoms. The third kappa shape index (κ3) is 3.47. The lowest BCUT2D eigenvalue weighted by atomic mass is 10.1. The molecular formula is C18H13ClN4O3S2. The zero-order valence-electron chi connectivity index (χ0n) is 14.1. The molecule has 4 rings (SSSR count). The molecule has 1 atom stereocenters. The van der Waals surface area contributed by atoms with Crippen molar-refractivity contribution in [2.24, 2.45) is 16.5 Å². The van der Waals surface area contributed by atoms with Crippen molar-refractivity contribution in [3.8, 4) is 21.4 Å². The lowest BCUT2D eigenvalue weighted by Crippen LogP contribution is -2.25. The second kappa shape index (κ2) is 7.27. The SMILES string of the molecule is NC(N)=NC(C(=O)O)c1nc(-c2cc3ccccc3s2)oc1-c1ccc(Cl)s1. The molecule has 1 unspecified atom stereocenters. The van der Waals surface area contributed by atoms with Gasteiger partial charge in [-0.1, -0.05) is 29.8 Å². The fraction of sp³-hybridized carbons (Fsp3) is 0.0556. The number of halogens is 1. The molecule has 0 radical (unpaired) electrons. The van der Waals surface area contributed by atoms with Gasteiger partial charge in [0.05, 0.1) is 14.1 Å². The van der Waals surface area contributed by atoms with E-state index in [1.54, 1.807) is 12.1 Å². The summed E-state index contributed by atoms with van der Waals surface area (Å²) < 4.78 is 7.58. The molecule has 7 nitrogen and oxygen atoms in total. The van der Waals surface area contributed by atoms with E-state index in [2.05, 4.69) is 9.98 Å². The number of carboxylic acid groups (broad SMARTS) is 1. The molecule has 0 aliphatic carbocycles. The van der Waals surface area contributed by atoms with E-state index in [0.29, 0.717) is 15.1 Å². The summed E-state index contributed by atoms with van der Waals surface area (Å²) in [6, 6.07) is 11.8. The third-order valence-corrected chi connectivity index (χ3v) is 6.19. The summed E-state index contributed by atoms with van der Waals surface area (Å²) in [4.78, 5) is 21.5. The highest BCUT2D eigenvalue weighted by atomic mass is 35.5. The number of aliphatic imine (C=N–C) groups is 1. The number of carbonyl (C=O) groups is 1. The van der Waals surface area contributed by atoms with Gasteiger partial charge < -0.3 is 21.0 Å². The van der Waals surface area contributed by atoms with Gasteiger partial charge >= 0.3 is 5.97 Å². The molecular weight excluding hydrogens is 420 g/mol. The van der Waals surface area contributed by atoms with Crippen molar-refractivity contribution in [1.82, 2.24) is 4.98 Å². The fourth-order valence-electron chi connectivity index (χ4n) is 2.71. The van der Waals surface area contributed by atoms with E-state index in [4.69, 9.17) is 27.5 Å². The number of hydrogen-bond donors (Lipinski definition) is 3. The zero-order chi connectivity index (χ0) is 19.8. The summed E-state index contributed by atoms with van der Waals surface area (Å²) in [5, 5.41) is 10.7. The molecule has 0 fully saturated rings. The molecule has 0 aliphatic heterocycles. The topological polar surface area (TPSA) is 128 Å². The third-order valence-electron chi connectivity index (χ3n) is 3.86. The Labute approximate surface area is 171 Å². The van der Waals surface area contributed by atoms with Crippen molar-refractivity contribution in [3.63, 3.8) is 0 Å². The van der Waals surface area contributed by atoms with Gasteiger partial charge in [0.2, 0.25) is 5.89 Å². The number of aliphatic carboxylic acids is 1. The predicted octanol–water partition coefficient (Wildman–Crippen LogP) is 4.34. The number of benzene rings is 1. The number of nitrogens with zero attached hydrogens (tertiary/aromatic N) is 2. The Morgan fingerprint density at radius 2 is 1.96 bits per heavy atom. The summed E-state index contributed by atoms with van der Waals surface area (Å²) >= 11 is 8.78. The highest BCUT2D eigenvalue weighted by Gasteiger charge is 2.30. The van der Waals surface area contributed by atoms with Gasteiger partial charge in [-0.3, -0.25) is 0 Å². The second-order valence-electron chi connectivity index (χ2n) is 5.78. The summed E-state index contributed by atoms with van der Waals surface area (Å²) in [5.74, 6) is -1.02. The van der Waals surface area contributed by atoms with Crippen LogP contribution >= 0.6 is 34.3 Å². The average Bonchev–Trinajstić information content (AvgIpc) is 3.36. The maximum atomic E-state index is 11.8. The maximum Gasteiger partial charge on any atom is 0.335 e. The van der Waals surface area contributed by atoms with Crippen LogP contribution in [0.15, 0.2) is 51.9 Å². The molecule has 0 saturated heterocycles. The Balaban J connectivity index is 1.90. The lowest BCUT2D eigenvalue weighted by molar-refractivity contribution is -0.138. The molecule has 3 aromatic heterocycles. The van der Waals surface area contributed by atoms with Gasteiger partial charge in [0.15, 0.2) is 17.8 Å². The number of nitrogens with two attached hydrogens (primary N) is 2. The lowest BCUT2D eigenvalue weighted by Gasteiger charge is -2.05. The Hall–Kier alpha value is -2.88. The predicted molar refractivity (Wildman–Crippen MR) is 112 cm³/mol. The normalized spacial score (nSPS) is 12.2.